The van der Waals surface area contributed by atoms with E-state index in [0.29, 0.717) is 64.2 Å². The van der Waals surface area contributed by atoms with Crippen LogP contribution in [-0.2, 0) is 105 Å². The van der Waals surface area contributed by atoms with E-state index < -0.39 is 138 Å². The molecule has 0 aromatic heterocycles. The normalized spacial score (nSPS) is 11.7. The Labute approximate surface area is 699 Å². The molecular formula is C81H136O39. The first-order valence-corrected chi connectivity index (χ1v) is 39.1. The van der Waals surface area contributed by atoms with Gasteiger partial charge in [-0.2, -0.15) is 0 Å². The monoisotopic (exact) mass is 1730 g/mol. The molecule has 0 aromatic rings. The molecule has 0 fully saturated rings. The standard InChI is InChI=1S/C13H24O3.C11H20O3.C10H18O3.C8H14O3.C7H12O7.C7H10O6.C7H10O5.C7H12O3.C6H10O3.C5H6O3/c1-12(14)10-8-6-4-2-3-5-7-9-11-13(15)16;1-10(12)8-6-4-2-3-5-7-9-11(13)14;1-9(11)7-5-3-2-4-6-8-10(12)13;1-7(9)5-3-2-4-6-8(10)11;1-2(8)3(9)4(10)5(11)6(12)7(13)14;1-4(8)2-7(13,6(11)12)3-5(9)10;1-4(8)2-5(7(11)12)3-6(9)10;1-6(8)4-2-3-5-7(9)10;1-5(7)3-2-4-6(8)9;1-4(6)2-3-5(7)8/h2-11H2,1H3,(H,15,16);2-9H2,1H3,(H,13,14);2-8H2,1H3,(H,12,13);2-6H2,1H3,(H,10,11);3-6,9-12H,1H3,(H,13,14);13H,2-3H2,1H3,(H,9,10)(H,11,12);5H,2-3H2,1H3,(H,9,10)(H,11,12);2-5H2,1H3,(H,9,10);2-4H2,1H3,(H,8,9);2-3H,1H3,(H,7,8)/b;;;;;;;;;3-2-. The average molecular weight is 1730 g/mol. The number of carbonyl (C=O) groups excluding carboxylic acids is 10. The van der Waals surface area contributed by atoms with Crippen LogP contribution in [0.25, 0.3) is 0 Å². The third kappa shape index (κ3) is 129. The van der Waals surface area contributed by atoms with Crippen LogP contribution in [0.5, 0.6) is 0 Å². The number of carbonyl (C=O) groups is 22. The predicted octanol–water partition coefficient (Wildman–Crippen LogP) is 9.11. The van der Waals surface area contributed by atoms with Crippen molar-refractivity contribution >= 4 is 129 Å². The van der Waals surface area contributed by atoms with Crippen LogP contribution in [0.2, 0.25) is 0 Å². The van der Waals surface area contributed by atoms with Crippen LogP contribution in [0.1, 0.15) is 332 Å². The fourth-order valence-corrected chi connectivity index (χ4v) is 8.84. The highest BCUT2D eigenvalue weighted by Gasteiger charge is 2.40. The van der Waals surface area contributed by atoms with Crippen LogP contribution >= 0.6 is 0 Å². The number of rotatable bonds is 60. The summed E-state index contributed by atoms with van der Waals surface area (Å²) in [5.41, 5.74) is -2.49. The van der Waals surface area contributed by atoms with E-state index in [1.54, 1.807) is 27.7 Å². The van der Waals surface area contributed by atoms with Gasteiger partial charge in [0.25, 0.3) is 0 Å². The number of carboxylic acids is 12. The zero-order valence-corrected chi connectivity index (χ0v) is 71.1. The van der Waals surface area contributed by atoms with Gasteiger partial charge in [-0.05, 0) is 146 Å². The summed E-state index contributed by atoms with van der Waals surface area (Å²) in [4.78, 5) is 226. The van der Waals surface area contributed by atoms with E-state index in [-0.39, 0.29) is 84.8 Å². The van der Waals surface area contributed by atoms with E-state index >= 15 is 0 Å². The van der Waals surface area contributed by atoms with Crippen molar-refractivity contribution in [3.63, 3.8) is 0 Å². The van der Waals surface area contributed by atoms with Gasteiger partial charge in [-0.3, -0.25) is 57.5 Å². The molecule has 0 aliphatic heterocycles. The lowest BCUT2D eigenvalue weighted by molar-refractivity contribution is -0.167. The lowest BCUT2D eigenvalue weighted by Crippen LogP contribution is -2.49. The van der Waals surface area contributed by atoms with Crippen molar-refractivity contribution in [2.45, 2.75) is 363 Å². The Morgan fingerprint density at radius 2 is 0.475 bits per heavy atom. The summed E-state index contributed by atoms with van der Waals surface area (Å²) < 4.78 is 0. The number of carboxylic acid groups (broad SMARTS) is 12. The number of aliphatic hydroxyl groups excluding tert-OH is 4. The maximum absolute atomic E-state index is 10.7. The van der Waals surface area contributed by atoms with Gasteiger partial charge in [0, 0.05) is 96.0 Å². The van der Waals surface area contributed by atoms with Gasteiger partial charge in [-0.25, -0.2) is 14.4 Å². The quantitative estimate of drug-likeness (QED) is 0.0199. The van der Waals surface area contributed by atoms with Crippen molar-refractivity contribution in [1.82, 2.24) is 0 Å². The number of aliphatic carboxylic acids is 12. The number of allylic oxidation sites excluding steroid dienone is 1. The summed E-state index contributed by atoms with van der Waals surface area (Å²) in [5.74, 6) is -14.9. The molecule has 0 aliphatic rings. The van der Waals surface area contributed by atoms with E-state index in [0.717, 1.165) is 148 Å². The summed E-state index contributed by atoms with van der Waals surface area (Å²) in [5, 5.41) is 144. The highest BCUT2D eigenvalue weighted by Crippen LogP contribution is 2.17. The van der Waals surface area contributed by atoms with Gasteiger partial charge in [-0.15, -0.1) is 0 Å². The Balaban J connectivity index is -0.000000141. The van der Waals surface area contributed by atoms with Crippen LogP contribution < -0.4 is 0 Å². The molecule has 0 saturated carbocycles. The minimum absolute atomic E-state index is 0.0521. The number of unbranched alkanes of at least 4 members (excludes halogenated alkanes) is 19. The second kappa shape index (κ2) is 88.2. The third-order valence-electron chi connectivity index (χ3n) is 15.1. The Bertz CT molecular complexity index is 2880. The summed E-state index contributed by atoms with van der Waals surface area (Å²) in [6.45, 7) is 13.9. The molecule has 120 heavy (non-hydrogen) atoms. The molecular weight excluding hydrogens is 1600 g/mol. The second-order valence-corrected chi connectivity index (χ2v) is 27.8. The molecule has 0 heterocycles. The number of hydrogen-bond donors (Lipinski definition) is 17. The fraction of sp³-hybridized carbons (Fsp3) is 0.704. The topological polar surface area (TPSA) is 719 Å². The molecule has 0 aliphatic carbocycles. The number of Topliss-reactive ketones (excluding diaryl/α,β-unsaturated/α-hetero) is 9. The molecule has 0 amide bonds. The van der Waals surface area contributed by atoms with Gasteiger partial charge in [0.2, 0.25) is 0 Å². The highest BCUT2D eigenvalue weighted by atomic mass is 16.4. The van der Waals surface area contributed by atoms with Crippen molar-refractivity contribution in [2.24, 2.45) is 5.92 Å². The summed E-state index contributed by atoms with van der Waals surface area (Å²) in [6, 6.07) is 0. The smallest absolute Gasteiger partial charge is 0.336 e. The average Bonchev–Trinajstić information content (AvgIpc) is 0.874. The van der Waals surface area contributed by atoms with Crippen LogP contribution in [-0.4, -0.2) is 246 Å². The molecule has 17 N–H and O–H groups in total. The minimum Gasteiger partial charge on any atom is -0.481 e. The highest BCUT2D eigenvalue weighted by molar-refractivity contribution is 5.94. The minimum atomic E-state index is -2.49. The maximum atomic E-state index is 10.7. The Kier molecular flexibility index (Phi) is 95.9. The van der Waals surface area contributed by atoms with Crippen molar-refractivity contribution in [1.29, 1.82) is 0 Å². The van der Waals surface area contributed by atoms with Gasteiger partial charge in [-0.1, -0.05) is 89.9 Å². The first-order chi connectivity index (χ1) is 55.4. The van der Waals surface area contributed by atoms with Crippen LogP contribution in [0.3, 0.4) is 0 Å². The molecule has 39 heteroatoms. The van der Waals surface area contributed by atoms with Gasteiger partial charge < -0.3 is 120 Å². The first kappa shape index (κ1) is 131. The predicted molar refractivity (Wildman–Crippen MR) is 429 cm³/mol. The van der Waals surface area contributed by atoms with Crippen molar-refractivity contribution in [2.75, 3.05) is 0 Å². The molecule has 0 bridgehead atoms. The second-order valence-electron chi connectivity index (χ2n) is 27.8. The van der Waals surface area contributed by atoms with E-state index in [4.69, 9.17) is 81.7 Å². The lowest BCUT2D eigenvalue weighted by Gasteiger charge is -2.22. The van der Waals surface area contributed by atoms with Gasteiger partial charge in [0.1, 0.15) is 64.6 Å². The van der Waals surface area contributed by atoms with E-state index in [9.17, 15) is 111 Å². The van der Waals surface area contributed by atoms with Crippen LogP contribution in [0.15, 0.2) is 12.2 Å². The summed E-state index contributed by atoms with van der Waals surface area (Å²) in [7, 11) is 0. The molecule has 0 rings (SSSR count). The fourth-order valence-electron chi connectivity index (χ4n) is 8.84. The number of hydrogen-bond acceptors (Lipinski definition) is 27. The van der Waals surface area contributed by atoms with E-state index in [2.05, 4.69) is 0 Å². The van der Waals surface area contributed by atoms with Gasteiger partial charge >= 0.3 is 71.6 Å². The van der Waals surface area contributed by atoms with Gasteiger partial charge in [0.15, 0.2) is 23.3 Å². The Morgan fingerprint density at radius 3 is 0.667 bits per heavy atom. The zero-order valence-electron chi connectivity index (χ0n) is 71.1. The number of ketones is 10. The molecule has 0 saturated heterocycles. The largest absolute Gasteiger partial charge is 0.481 e. The maximum Gasteiger partial charge on any atom is 0.336 e. The molecule has 6 atom stereocenters. The lowest BCUT2D eigenvalue weighted by atomic mass is 9.94. The molecule has 694 valence electrons. The van der Waals surface area contributed by atoms with Crippen LogP contribution in [0, 0.1) is 5.92 Å². The first-order valence-electron chi connectivity index (χ1n) is 39.1. The Hall–Kier alpha value is -10.1. The third-order valence-corrected chi connectivity index (χ3v) is 15.1. The van der Waals surface area contributed by atoms with Crippen molar-refractivity contribution in [3.8, 4) is 0 Å². The van der Waals surface area contributed by atoms with Crippen LogP contribution in [0.4, 0.5) is 0 Å². The molecule has 6 unspecified atom stereocenters. The number of aliphatic hydroxyl groups is 5. The van der Waals surface area contributed by atoms with E-state index in [1.165, 1.54) is 47.0 Å². The molecule has 0 spiro atoms. The Morgan fingerprint density at radius 1 is 0.242 bits per heavy atom. The summed E-state index contributed by atoms with van der Waals surface area (Å²) >= 11 is 0. The van der Waals surface area contributed by atoms with Crippen molar-refractivity contribution in [3.05, 3.63) is 12.2 Å². The van der Waals surface area contributed by atoms with Gasteiger partial charge in [0.05, 0.1) is 18.8 Å². The van der Waals surface area contributed by atoms with E-state index in [1.807, 2.05) is 0 Å². The molecule has 39 nitrogen and oxygen atoms in total. The SMILES string of the molecule is CC(=O)/C=C\C(=O)O.CC(=O)C(O)C(O)C(O)C(O)C(=O)O.CC(=O)CC(CC(=O)O)C(=O)O.CC(=O)CC(O)(CC(=O)O)C(=O)O.CC(=O)CCCC(=O)O.CC(=O)CCCCC(=O)O.CC(=O)CCCCCC(=O)O.CC(=O)CCCCCCCC(=O)O.CC(=O)CCCCCCCCC(=O)O.CC(=O)CCCCCCCCCCC(=O)O. The summed E-state index contributed by atoms with van der Waals surface area (Å²) in [6.07, 6.45) is 19.6. The molecule has 0 radical (unpaired) electrons. The molecule has 0 aromatic carbocycles. The van der Waals surface area contributed by atoms with Crippen molar-refractivity contribution < 1.29 is 192 Å². The zero-order chi connectivity index (χ0) is 95.5.